The fraction of sp³-hybridized carbons (Fsp3) is 0.400. The first kappa shape index (κ1) is 18.8. The summed E-state index contributed by atoms with van der Waals surface area (Å²) in [4.78, 5) is 0. The summed E-state index contributed by atoms with van der Waals surface area (Å²) in [6.45, 7) is 5.62. The third-order valence-electron chi connectivity index (χ3n) is 3.98. The number of aryl methyl sites for hydroxylation is 1. The molecule has 0 fully saturated rings. The Morgan fingerprint density at radius 1 is 1.12 bits per heavy atom. The van der Waals surface area contributed by atoms with Gasteiger partial charge in [-0.05, 0) is 49.9 Å². The first-order valence-corrected chi connectivity index (χ1v) is 9.19. The van der Waals surface area contributed by atoms with Gasteiger partial charge in [-0.25, -0.2) is 0 Å². The van der Waals surface area contributed by atoms with Gasteiger partial charge >= 0.3 is 0 Å². The van der Waals surface area contributed by atoms with Gasteiger partial charge < -0.3 is 14.8 Å². The van der Waals surface area contributed by atoms with E-state index in [1.165, 1.54) is 11.1 Å². The maximum Gasteiger partial charge on any atom is 0.161 e. The van der Waals surface area contributed by atoms with Gasteiger partial charge in [-0.1, -0.05) is 46.3 Å². The third kappa shape index (κ3) is 5.53. The SMILES string of the molecule is CCOc1cc(CNC(C)CCc2ccccc2)c(Br)cc1OC. The quantitative estimate of drug-likeness (QED) is 0.654. The zero-order valence-corrected chi connectivity index (χ0v) is 16.2. The van der Waals surface area contributed by atoms with Gasteiger partial charge in [0, 0.05) is 17.1 Å². The van der Waals surface area contributed by atoms with Gasteiger partial charge in [0.05, 0.1) is 13.7 Å². The molecule has 0 amide bonds. The Balaban J connectivity index is 1.91. The summed E-state index contributed by atoms with van der Waals surface area (Å²) in [6, 6.07) is 15.1. The molecule has 4 heteroatoms. The molecule has 1 unspecified atom stereocenters. The minimum atomic E-state index is 0.440. The maximum atomic E-state index is 5.66. The number of hydrogen-bond acceptors (Lipinski definition) is 3. The van der Waals surface area contributed by atoms with Gasteiger partial charge in [0.15, 0.2) is 11.5 Å². The highest BCUT2D eigenvalue weighted by Crippen LogP contribution is 2.33. The van der Waals surface area contributed by atoms with Crippen LogP contribution in [-0.4, -0.2) is 19.8 Å². The van der Waals surface area contributed by atoms with Crippen molar-refractivity contribution in [2.24, 2.45) is 0 Å². The number of methoxy groups -OCH3 is 1. The van der Waals surface area contributed by atoms with Crippen LogP contribution in [0.25, 0.3) is 0 Å². The molecule has 0 radical (unpaired) electrons. The lowest BCUT2D eigenvalue weighted by molar-refractivity contribution is 0.310. The maximum absolute atomic E-state index is 5.66. The second-order valence-electron chi connectivity index (χ2n) is 5.83. The summed E-state index contributed by atoms with van der Waals surface area (Å²) in [5, 5.41) is 3.59. The predicted molar refractivity (Wildman–Crippen MR) is 103 cm³/mol. The van der Waals surface area contributed by atoms with E-state index in [1.54, 1.807) is 7.11 Å². The Bertz CT molecular complexity index is 631. The van der Waals surface area contributed by atoms with Crippen LogP contribution in [0.2, 0.25) is 0 Å². The topological polar surface area (TPSA) is 30.5 Å². The second-order valence-corrected chi connectivity index (χ2v) is 6.69. The summed E-state index contributed by atoms with van der Waals surface area (Å²) in [5.74, 6) is 1.54. The minimum absolute atomic E-state index is 0.440. The Morgan fingerprint density at radius 2 is 1.88 bits per heavy atom. The molecule has 0 aliphatic rings. The molecule has 0 spiro atoms. The second kappa shape index (κ2) is 9.70. The van der Waals surface area contributed by atoms with E-state index in [0.29, 0.717) is 12.6 Å². The van der Waals surface area contributed by atoms with Gasteiger partial charge in [-0.2, -0.15) is 0 Å². The largest absolute Gasteiger partial charge is 0.493 e. The van der Waals surface area contributed by atoms with Crippen LogP contribution in [0.3, 0.4) is 0 Å². The van der Waals surface area contributed by atoms with Crippen molar-refractivity contribution in [2.75, 3.05) is 13.7 Å². The van der Waals surface area contributed by atoms with E-state index in [1.807, 2.05) is 19.1 Å². The van der Waals surface area contributed by atoms with E-state index in [2.05, 4.69) is 58.5 Å². The van der Waals surface area contributed by atoms with Crippen molar-refractivity contribution < 1.29 is 9.47 Å². The van der Waals surface area contributed by atoms with Crippen molar-refractivity contribution in [1.29, 1.82) is 0 Å². The van der Waals surface area contributed by atoms with Gasteiger partial charge in [-0.15, -0.1) is 0 Å². The molecule has 0 aliphatic heterocycles. The molecular formula is C20H26BrNO2. The fourth-order valence-electron chi connectivity index (χ4n) is 2.55. The molecule has 1 N–H and O–H groups in total. The molecule has 2 aromatic carbocycles. The van der Waals surface area contributed by atoms with Crippen LogP contribution in [0.15, 0.2) is 46.9 Å². The first-order chi connectivity index (χ1) is 11.6. The van der Waals surface area contributed by atoms with Crippen molar-refractivity contribution in [2.45, 2.75) is 39.3 Å². The van der Waals surface area contributed by atoms with Crippen LogP contribution >= 0.6 is 15.9 Å². The summed E-state index contributed by atoms with van der Waals surface area (Å²) >= 11 is 3.62. The lowest BCUT2D eigenvalue weighted by Crippen LogP contribution is -2.26. The smallest absolute Gasteiger partial charge is 0.161 e. The van der Waals surface area contributed by atoms with E-state index in [9.17, 15) is 0 Å². The predicted octanol–water partition coefficient (Wildman–Crippen LogP) is 4.97. The summed E-state index contributed by atoms with van der Waals surface area (Å²) in [5.41, 5.74) is 2.56. The molecule has 24 heavy (non-hydrogen) atoms. The van der Waals surface area contributed by atoms with E-state index < -0.39 is 0 Å². The molecule has 1 atom stereocenters. The number of hydrogen-bond donors (Lipinski definition) is 1. The molecule has 0 heterocycles. The Morgan fingerprint density at radius 3 is 2.54 bits per heavy atom. The summed E-state index contributed by atoms with van der Waals surface area (Å²) in [7, 11) is 1.66. The van der Waals surface area contributed by atoms with Crippen LogP contribution in [0.1, 0.15) is 31.4 Å². The number of rotatable bonds is 9. The highest BCUT2D eigenvalue weighted by molar-refractivity contribution is 9.10. The Hall–Kier alpha value is -1.52. The zero-order chi connectivity index (χ0) is 17.4. The molecule has 0 saturated heterocycles. The summed E-state index contributed by atoms with van der Waals surface area (Å²) < 4.78 is 12.1. The number of halogens is 1. The third-order valence-corrected chi connectivity index (χ3v) is 4.72. The van der Waals surface area contributed by atoms with Crippen molar-refractivity contribution in [3.8, 4) is 11.5 Å². The van der Waals surface area contributed by atoms with Crippen molar-refractivity contribution >= 4 is 15.9 Å². The van der Waals surface area contributed by atoms with Crippen LogP contribution in [0.5, 0.6) is 11.5 Å². The van der Waals surface area contributed by atoms with Crippen LogP contribution in [-0.2, 0) is 13.0 Å². The molecular weight excluding hydrogens is 366 g/mol. The van der Waals surface area contributed by atoms with E-state index >= 15 is 0 Å². The minimum Gasteiger partial charge on any atom is -0.493 e. The molecule has 0 aliphatic carbocycles. The number of ether oxygens (including phenoxy) is 2. The van der Waals surface area contributed by atoms with E-state index in [0.717, 1.165) is 35.4 Å². The Labute approximate surface area is 153 Å². The Kier molecular flexibility index (Phi) is 7.60. The van der Waals surface area contributed by atoms with Gasteiger partial charge in [0.25, 0.3) is 0 Å². The standard InChI is InChI=1S/C20H26BrNO2/c1-4-24-20-12-17(18(21)13-19(20)23-3)14-22-15(2)10-11-16-8-6-5-7-9-16/h5-9,12-13,15,22H,4,10-11,14H2,1-3H3. The van der Waals surface area contributed by atoms with Crippen LogP contribution in [0.4, 0.5) is 0 Å². The molecule has 0 aromatic heterocycles. The van der Waals surface area contributed by atoms with Gasteiger partial charge in [-0.3, -0.25) is 0 Å². The molecule has 0 bridgehead atoms. The molecule has 3 nitrogen and oxygen atoms in total. The van der Waals surface area contributed by atoms with Gasteiger partial charge in [0.2, 0.25) is 0 Å². The lowest BCUT2D eigenvalue weighted by Gasteiger charge is -2.17. The fourth-order valence-corrected chi connectivity index (χ4v) is 3.02. The average molecular weight is 392 g/mol. The van der Waals surface area contributed by atoms with Crippen molar-refractivity contribution in [1.82, 2.24) is 5.32 Å². The highest BCUT2D eigenvalue weighted by Gasteiger charge is 2.11. The van der Waals surface area contributed by atoms with Crippen molar-refractivity contribution in [3.63, 3.8) is 0 Å². The van der Waals surface area contributed by atoms with Gasteiger partial charge in [0.1, 0.15) is 0 Å². The average Bonchev–Trinajstić information content (AvgIpc) is 2.61. The summed E-state index contributed by atoms with van der Waals surface area (Å²) in [6.07, 6.45) is 2.19. The van der Waals surface area contributed by atoms with E-state index in [-0.39, 0.29) is 0 Å². The van der Waals surface area contributed by atoms with E-state index in [4.69, 9.17) is 9.47 Å². The lowest BCUT2D eigenvalue weighted by atomic mass is 10.1. The number of nitrogens with one attached hydrogen (secondary N) is 1. The molecule has 130 valence electrons. The van der Waals surface area contributed by atoms with Crippen molar-refractivity contribution in [3.05, 3.63) is 58.1 Å². The zero-order valence-electron chi connectivity index (χ0n) is 14.6. The highest BCUT2D eigenvalue weighted by atomic mass is 79.9. The van der Waals surface area contributed by atoms with Crippen LogP contribution < -0.4 is 14.8 Å². The normalized spacial score (nSPS) is 12.0. The first-order valence-electron chi connectivity index (χ1n) is 8.40. The van der Waals surface area contributed by atoms with Crippen LogP contribution in [0, 0.1) is 0 Å². The monoisotopic (exact) mass is 391 g/mol. The molecule has 2 rings (SSSR count). The molecule has 0 saturated carbocycles. The molecule has 2 aromatic rings. The number of benzene rings is 2.